The highest BCUT2D eigenvalue weighted by atomic mass is 16.5. The Balaban J connectivity index is 2.32. The van der Waals surface area contributed by atoms with Gasteiger partial charge in [-0.3, -0.25) is 4.90 Å². The number of rotatable bonds is 6. The van der Waals surface area contributed by atoms with Gasteiger partial charge in [-0.25, -0.2) is 0 Å². The van der Waals surface area contributed by atoms with Gasteiger partial charge in [0.1, 0.15) is 5.75 Å². The summed E-state index contributed by atoms with van der Waals surface area (Å²) < 4.78 is 11.8. The van der Waals surface area contributed by atoms with Gasteiger partial charge in [-0.2, -0.15) is 0 Å². The molecule has 0 radical (unpaired) electrons. The number of likely N-dealkylation sites (N-methyl/N-ethyl adjacent to an activating group) is 2. The van der Waals surface area contributed by atoms with E-state index in [2.05, 4.69) is 35.3 Å². The highest BCUT2D eigenvalue weighted by Crippen LogP contribution is 2.34. The van der Waals surface area contributed by atoms with Crippen LogP contribution in [-0.4, -0.2) is 50.9 Å². The molecule has 0 spiro atoms. The van der Waals surface area contributed by atoms with Gasteiger partial charge in [0, 0.05) is 18.7 Å². The second-order valence-electron chi connectivity index (χ2n) is 5.01. The van der Waals surface area contributed by atoms with Crippen LogP contribution in [0.3, 0.4) is 0 Å². The molecular formula is C16H26N2O2. The zero-order valence-electron chi connectivity index (χ0n) is 12.8. The van der Waals surface area contributed by atoms with E-state index in [1.54, 1.807) is 0 Å². The van der Waals surface area contributed by atoms with Gasteiger partial charge in [0.05, 0.1) is 25.4 Å². The number of morpholine rings is 1. The fourth-order valence-electron chi connectivity index (χ4n) is 2.92. The van der Waals surface area contributed by atoms with Gasteiger partial charge in [0.15, 0.2) is 0 Å². The van der Waals surface area contributed by atoms with Crippen molar-refractivity contribution in [3.63, 3.8) is 0 Å². The van der Waals surface area contributed by atoms with Crippen LogP contribution in [0, 0.1) is 0 Å². The molecule has 112 valence electrons. The summed E-state index contributed by atoms with van der Waals surface area (Å²) >= 11 is 0. The van der Waals surface area contributed by atoms with Crippen molar-refractivity contribution in [2.24, 2.45) is 0 Å². The summed E-state index contributed by atoms with van der Waals surface area (Å²) in [7, 11) is 1.97. The van der Waals surface area contributed by atoms with E-state index in [4.69, 9.17) is 9.47 Å². The molecule has 1 aromatic rings. The van der Waals surface area contributed by atoms with Gasteiger partial charge in [-0.05, 0) is 26.6 Å². The average Bonchev–Trinajstić information content (AvgIpc) is 2.48. The maximum atomic E-state index is 5.99. The van der Waals surface area contributed by atoms with Crippen LogP contribution >= 0.6 is 0 Å². The van der Waals surface area contributed by atoms with Crippen LogP contribution in [0.1, 0.15) is 25.5 Å². The Kier molecular flexibility index (Phi) is 5.83. The van der Waals surface area contributed by atoms with Crippen molar-refractivity contribution in [2.75, 3.05) is 39.9 Å². The largest absolute Gasteiger partial charge is 0.494 e. The van der Waals surface area contributed by atoms with E-state index in [1.807, 2.05) is 20.0 Å². The smallest absolute Gasteiger partial charge is 0.124 e. The van der Waals surface area contributed by atoms with Gasteiger partial charge in [-0.15, -0.1) is 0 Å². The first-order valence-electron chi connectivity index (χ1n) is 7.53. The van der Waals surface area contributed by atoms with Crippen LogP contribution in [0.4, 0.5) is 0 Å². The standard InChI is InChI=1S/C16H26N2O2/c1-4-18-10-11-20-15(12-17-3)16(18)13-8-6-7-9-14(13)19-5-2/h6-9,15-17H,4-5,10-12H2,1-3H3. The molecule has 1 heterocycles. The monoisotopic (exact) mass is 278 g/mol. The zero-order valence-corrected chi connectivity index (χ0v) is 12.8. The maximum Gasteiger partial charge on any atom is 0.124 e. The number of para-hydroxylation sites is 1. The molecule has 0 aliphatic carbocycles. The molecule has 4 heteroatoms. The van der Waals surface area contributed by atoms with Gasteiger partial charge in [0.2, 0.25) is 0 Å². The summed E-state index contributed by atoms with van der Waals surface area (Å²) in [5.41, 5.74) is 1.23. The minimum Gasteiger partial charge on any atom is -0.494 e. The van der Waals surface area contributed by atoms with E-state index < -0.39 is 0 Å². The van der Waals surface area contributed by atoms with Gasteiger partial charge in [0.25, 0.3) is 0 Å². The molecule has 2 rings (SSSR count). The Hall–Kier alpha value is -1.10. The Labute approximate surface area is 122 Å². The Morgan fingerprint density at radius 2 is 2.15 bits per heavy atom. The predicted octanol–water partition coefficient (Wildman–Crippen LogP) is 2.07. The lowest BCUT2D eigenvalue weighted by molar-refractivity contribution is -0.0693. The molecule has 0 aromatic heterocycles. The lowest BCUT2D eigenvalue weighted by Crippen LogP contribution is -2.48. The Morgan fingerprint density at radius 1 is 1.35 bits per heavy atom. The van der Waals surface area contributed by atoms with Crippen LogP contribution in [-0.2, 0) is 4.74 Å². The van der Waals surface area contributed by atoms with Crippen LogP contribution in [0.25, 0.3) is 0 Å². The number of ether oxygens (including phenoxy) is 2. The molecule has 1 N–H and O–H groups in total. The predicted molar refractivity (Wildman–Crippen MR) is 81.3 cm³/mol. The van der Waals surface area contributed by atoms with E-state index in [1.165, 1.54) is 5.56 Å². The van der Waals surface area contributed by atoms with E-state index in [-0.39, 0.29) is 12.1 Å². The fraction of sp³-hybridized carbons (Fsp3) is 0.625. The highest BCUT2D eigenvalue weighted by Gasteiger charge is 2.34. The van der Waals surface area contributed by atoms with Gasteiger partial charge >= 0.3 is 0 Å². The Morgan fingerprint density at radius 3 is 2.85 bits per heavy atom. The zero-order chi connectivity index (χ0) is 14.4. The molecule has 0 bridgehead atoms. The van der Waals surface area contributed by atoms with Crippen LogP contribution in [0.15, 0.2) is 24.3 Å². The second-order valence-corrected chi connectivity index (χ2v) is 5.01. The number of hydrogen-bond acceptors (Lipinski definition) is 4. The summed E-state index contributed by atoms with van der Waals surface area (Å²) in [6.07, 6.45) is 0.162. The number of nitrogens with one attached hydrogen (secondary N) is 1. The van der Waals surface area contributed by atoms with Crippen molar-refractivity contribution < 1.29 is 9.47 Å². The molecule has 1 fully saturated rings. The lowest BCUT2D eigenvalue weighted by atomic mass is 9.97. The number of nitrogens with zero attached hydrogens (tertiary/aromatic N) is 1. The van der Waals surface area contributed by atoms with Gasteiger partial charge < -0.3 is 14.8 Å². The maximum absolute atomic E-state index is 5.99. The molecule has 20 heavy (non-hydrogen) atoms. The van der Waals surface area contributed by atoms with Crippen LogP contribution < -0.4 is 10.1 Å². The van der Waals surface area contributed by atoms with Crippen molar-refractivity contribution in [3.05, 3.63) is 29.8 Å². The normalized spacial score (nSPS) is 23.8. The average molecular weight is 278 g/mol. The molecule has 2 atom stereocenters. The quantitative estimate of drug-likeness (QED) is 0.863. The SMILES string of the molecule is CCOc1ccccc1C1C(CNC)OCCN1CC. The highest BCUT2D eigenvalue weighted by molar-refractivity contribution is 5.37. The van der Waals surface area contributed by atoms with E-state index in [0.29, 0.717) is 6.61 Å². The first-order valence-corrected chi connectivity index (χ1v) is 7.53. The summed E-state index contributed by atoms with van der Waals surface area (Å²) in [5.74, 6) is 0.977. The van der Waals surface area contributed by atoms with E-state index in [9.17, 15) is 0 Å². The minimum absolute atomic E-state index is 0.162. The summed E-state index contributed by atoms with van der Waals surface area (Å²) in [6.45, 7) is 8.56. The molecule has 1 aromatic carbocycles. The molecule has 1 aliphatic rings. The Bertz CT molecular complexity index is 409. The second kappa shape index (κ2) is 7.62. The molecule has 2 unspecified atom stereocenters. The molecular weight excluding hydrogens is 252 g/mol. The molecule has 1 aliphatic heterocycles. The molecule has 0 amide bonds. The molecule has 4 nitrogen and oxygen atoms in total. The van der Waals surface area contributed by atoms with Crippen molar-refractivity contribution in [2.45, 2.75) is 26.0 Å². The van der Waals surface area contributed by atoms with Crippen molar-refractivity contribution in [1.82, 2.24) is 10.2 Å². The minimum atomic E-state index is 0.162. The summed E-state index contributed by atoms with van der Waals surface area (Å²) in [4.78, 5) is 2.48. The fourth-order valence-corrected chi connectivity index (χ4v) is 2.92. The molecule has 0 saturated carbocycles. The lowest BCUT2D eigenvalue weighted by Gasteiger charge is -2.41. The van der Waals surface area contributed by atoms with Crippen LogP contribution in [0.5, 0.6) is 5.75 Å². The number of benzene rings is 1. The number of hydrogen-bond donors (Lipinski definition) is 1. The van der Waals surface area contributed by atoms with Crippen molar-refractivity contribution >= 4 is 0 Å². The summed E-state index contributed by atoms with van der Waals surface area (Å²) in [5, 5.41) is 3.24. The van der Waals surface area contributed by atoms with E-state index in [0.717, 1.165) is 32.0 Å². The van der Waals surface area contributed by atoms with Gasteiger partial charge in [-0.1, -0.05) is 25.1 Å². The summed E-state index contributed by atoms with van der Waals surface area (Å²) in [6, 6.07) is 8.58. The third-order valence-electron chi connectivity index (χ3n) is 3.80. The topological polar surface area (TPSA) is 33.7 Å². The first-order chi connectivity index (χ1) is 9.81. The van der Waals surface area contributed by atoms with Crippen LogP contribution in [0.2, 0.25) is 0 Å². The van der Waals surface area contributed by atoms with Crippen molar-refractivity contribution in [1.29, 1.82) is 0 Å². The first kappa shape index (κ1) is 15.3. The van der Waals surface area contributed by atoms with E-state index >= 15 is 0 Å². The third kappa shape index (κ3) is 3.32. The molecule has 1 saturated heterocycles. The van der Waals surface area contributed by atoms with Crippen molar-refractivity contribution in [3.8, 4) is 5.75 Å². The third-order valence-corrected chi connectivity index (χ3v) is 3.80.